The maximum Gasteiger partial charge on any atom is 0.405 e. The molecule has 4 amide bonds. The molecule has 0 atom stereocenters. The minimum Gasteiger partial charge on any atom is -0.374 e. The maximum atomic E-state index is 12.0. The van der Waals surface area contributed by atoms with Crippen LogP contribution < -0.4 is 20.9 Å². The topological polar surface area (TPSA) is 90.5 Å². The lowest BCUT2D eigenvalue weighted by molar-refractivity contribution is -0.124. The van der Waals surface area contributed by atoms with Crippen LogP contribution in [-0.4, -0.2) is 43.7 Å². The Morgan fingerprint density at radius 2 is 1.92 bits per heavy atom. The predicted octanol–water partition coefficient (Wildman–Crippen LogP) is 1.61. The van der Waals surface area contributed by atoms with Crippen molar-refractivity contribution in [3.05, 3.63) is 24.3 Å². The molecule has 0 radical (unpaired) electrons. The number of alkyl halides is 3. The summed E-state index contributed by atoms with van der Waals surface area (Å²) in [6.07, 6.45) is -3.36. The molecule has 0 bridgehead atoms. The van der Waals surface area contributed by atoms with E-state index in [0.717, 1.165) is 6.42 Å². The third-order valence-electron chi connectivity index (χ3n) is 3.41. The molecule has 10 heteroatoms. The molecule has 25 heavy (non-hydrogen) atoms. The molecule has 0 unspecified atom stereocenters. The number of carbonyl (C=O) groups excluding carboxylic acids is 3. The molecular formula is C15H17F3N4O3. The Kier molecular flexibility index (Phi) is 5.84. The van der Waals surface area contributed by atoms with Crippen LogP contribution in [0.2, 0.25) is 0 Å². The number of carbonyl (C=O) groups is 3. The van der Waals surface area contributed by atoms with Gasteiger partial charge in [0.05, 0.1) is 17.9 Å². The van der Waals surface area contributed by atoms with E-state index < -0.39 is 24.7 Å². The van der Waals surface area contributed by atoms with Gasteiger partial charge in [-0.25, -0.2) is 4.79 Å². The highest BCUT2D eigenvalue weighted by molar-refractivity contribution is 5.99. The fraction of sp³-hybridized carbons (Fsp3) is 0.400. The second kappa shape index (κ2) is 7.86. The first-order chi connectivity index (χ1) is 11.8. The number of urea groups is 1. The van der Waals surface area contributed by atoms with E-state index >= 15 is 0 Å². The van der Waals surface area contributed by atoms with E-state index in [2.05, 4.69) is 5.32 Å². The third kappa shape index (κ3) is 5.66. The van der Waals surface area contributed by atoms with Gasteiger partial charge in [0.2, 0.25) is 11.8 Å². The van der Waals surface area contributed by atoms with E-state index in [1.54, 1.807) is 34.5 Å². The summed E-state index contributed by atoms with van der Waals surface area (Å²) in [7, 11) is 0. The van der Waals surface area contributed by atoms with Crippen LogP contribution in [0, 0.1) is 0 Å². The molecule has 2 rings (SSSR count). The van der Waals surface area contributed by atoms with Gasteiger partial charge in [-0.2, -0.15) is 13.2 Å². The molecule has 0 saturated carbocycles. The molecule has 0 spiro atoms. The lowest BCUT2D eigenvalue weighted by Crippen LogP contribution is -2.45. The van der Waals surface area contributed by atoms with Gasteiger partial charge in [-0.05, 0) is 18.6 Å². The second-order valence-electron chi connectivity index (χ2n) is 5.37. The van der Waals surface area contributed by atoms with Crippen LogP contribution in [0.4, 0.5) is 29.3 Å². The zero-order valence-electron chi connectivity index (χ0n) is 13.2. The van der Waals surface area contributed by atoms with Crippen molar-refractivity contribution in [2.45, 2.75) is 19.0 Å². The van der Waals surface area contributed by atoms with Crippen molar-refractivity contribution in [3.8, 4) is 0 Å². The number of rotatable bonds is 5. The summed E-state index contributed by atoms with van der Waals surface area (Å²) in [5.41, 5.74) is 1.13. The fourth-order valence-corrected chi connectivity index (χ4v) is 2.33. The van der Waals surface area contributed by atoms with Crippen LogP contribution in [0.25, 0.3) is 0 Å². The van der Waals surface area contributed by atoms with E-state index in [0.29, 0.717) is 24.3 Å². The quantitative estimate of drug-likeness (QED) is 0.746. The minimum absolute atomic E-state index is 0.0229. The largest absolute Gasteiger partial charge is 0.405 e. The molecule has 0 aliphatic carbocycles. The van der Waals surface area contributed by atoms with E-state index in [-0.39, 0.29) is 12.5 Å². The molecule has 1 fully saturated rings. The van der Waals surface area contributed by atoms with Crippen molar-refractivity contribution < 1.29 is 27.6 Å². The lowest BCUT2D eigenvalue weighted by atomic mass is 10.2. The highest BCUT2D eigenvalue weighted by Gasteiger charge is 2.28. The normalized spacial score (nSPS) is 14.4. The van der Waals surface area contributed by atoms with Gasteiger partial charge in [-0.15, -0.1) is 0 Å². The van der Waals surface area contributed by atoms with Gasteiger partial charge in [-0.3, -0.25) is 14.9 Å². The standard InChI is InChI=1S/C15H17F3N4O3/c16-15(17,18)9-20-14(25)21-12(23)8-19-10-4-1-2-5-11(10)22-7-3-6-13(22)24/h1-2,4-5,19H,3,6-9H2,(H2,20,21,23,25). The summed E-state index contributed by atoms with van der Waals surface area (Å²) in [6, 6.07) is 5.61. The van der Waals surface area contributed by atoms with Gasteiger partial charge in [0.25, 0.3) is 0 Å². The smallest absolute Gasteiger partial charge is 0.374 e. The van der Waals surface area contributed by atoms with Crippen LogP contribution in [-0.2, 0) is 9.59 Å². The van der Waals surface area contributed by atoms with Crippen molar-refractivity contribution >= 4 is 29.2 Å². The van der Waals surface area contributed by atoms with E-state index in [9.17, 15) is 27.6 Å². The Labute approximate surface area is 141 Å². The van der Waals surface area contributed by atoms with Crippen molar-refractivity contribution in [3.63, 3.8) is 0 Å². The highest BCUT2D eigenvalue weighted by Crippen LogP contribution is 2.29. The Balaban J connectivity index is 1.88. The Morgan fingerprint density at radius 3 is 2.56 bits per heavy atom. The van der Waals surface area contributed by atoms with E-state index in [4.69, 9.17) is 0 Å². The van der Waals surface area contributed by atoms with Gasteiger partial charge in [0.1, 0.15) is 6.54 Å². The van der Waals surface area contributed by atoms with Crippen LogP contribution in [0.3, 0.4) is 0 Å². The van der Waals surface area contributed by atoms with Gasteiger partial charge in [0, 0.05) is 13.0 Å². The number of halogens is 3. The molecule has 1 aliphatic heterocycles. The summed E-state index contributed by atoms with van der Waals surface area (Å²) < 4.78 is 35.9. The van der Waals surface area contributed by atoms with Gasteiger partial charge < -0.3 is 15.5 Å². The molecule has 7 nitrogen and oxygen atoms in total. The Morgan fingerprint density at radius 1 is 1.20 bits per heavy atom. The average Bonchev–Trinajstić information content (AvgIpc) is 2.96. The van der Waals surface area contributed by atoms with Crippen LogP contribution >= 0.6 is 0 Å². The van der Waals surface area contributed by atoms with Crippen molar-refractivity contribution in [2.75, 3.05) is 29.9 Å². The summed E-state index contributed by atoms with van der Waals surface area (Å²) in [5.74, 6) is -0.826. The molecule has 3 N–H and O–H groups in total. The second-order valence-corrected chi connectivity index (χ2v) is 5.37. The number of amides is 4. The van der Waals surface area contributed by atoms with Gasteiger partial charge >= 0.3 is 12.2 Å². The summed E-state index contributed by atoms with van der Waals surface area (Å²) >= 11 is 0. The number of anilines is 2. The molecule has 1 saturated heterocycles. The molecular weight excluding hydrogens is 341 g/mol. The number of imide groups is 1. The summed E-state index contributed by atoms with van der Waals surface area (Å²) in [5, 5.41) is 6.11. The molecule has 0 aromatic heterocycles. The first-order valence-corrected chi connectivity index (χ1v) is 7.54. The van der Waals surface area contributed by atoms with Crippen molar-refractivity contribution in [2.24, 2.45) is 0 Å². The summed E-state index contributed by atoms with van der Waals surface area (Å²) in [6.45, 7) is -1.29. The molecule has 1 aromatic rings. The monoisotopic (exact) mass is 358 g/mol. The first-order valence-electron chi connectivity index (χ1n) is 7.54. The molecule has 1 aliphatic rings. The summed E-state index contributed by atoms with van der Waals surface area (Å²) in [4.78, 5) is 36.3. The molecule has 136 valence electrons. The molecule has 1 aromatic carbocycles. The van der Waals surface area contributed by atoms with Gasteiger partial charge in [0.15, 0.2) is 0 Å². The lowest BCUT2D eigenvalue weighted by Gasteiger charge is -2.20. The van der Waals surface area contributed by atoms with Gasteiger partial charge in [-0.1, -0.05) is 12.1 Å². The highest BCUT2D eigenvalue weighted by atomic mass is 19.4. The van der Waals surface area contributed by atoms with Crippen LogP contribution in [0.1, 0.15) is 12.8 Å². The first kappa shape index (κ1) is 18.6. The SMILES string of the molecule is O=C(CNc1ccccc1N1CCCC1=O)NC(=O)NCC(F)(F)F. The Hall–Kier alpha value is -2.78. The predicted molar refractivity (Wildman–Crippen MR) is 84.1 cm³/mol. The average molecular weight is 358 g/mol. The molecule has 1 heterocycles. The number of para-hydroxylation sites is 2. The number of nitrogens with zero attached hydrogens (tertiary/aromatic N) is 1. The number of hydrogen-bond donors (Lipinski definition) is 3. The number of benzene rings is 1. The third-order valence-corrected chi connectivity index (χ3v) is 3.41. The van der Waals surface area contributed by atoms with Crippen LogP contribution in [0.5, 0.6) is 0 Å². The Bertz CT molecular complexity index is 664. The van der Waals surface area contributed by atoms with Crippen molar-refractivity contribution in [1.29, 1.82) is 0 Å². The fourth-order valence-electron chi connectivity index (χ4n) is 2.33. The van der Waals surface area contributed by atoms with Crippen LogP contribution in [0.15, 0.2) is 24.3 Å². The minimum atomic E-state index is -4.56. The zero-order valence-corrected chi connectivity index (χ0v) is 13.2. The zero-order chi connectivity index (χ0) is 18.4. The number of hydrogen-bond acceptors (Lipinski definition) is 4. The maximum absolute atomic E-state index is 12.0. The van der Waals surface area contributed by atoms with Crippen molar-refractivity contribution in [1.82, 2.24) is 10.6 Å². The van der Waals surface area contributed by atoms with E-state index in [1.807, 2.05) is 0 Å². The number of nitrogens with one attached hydrogen (secondary N) is 3. The van der Waals surface area contributed by atoms with E-state index in [1.165, 1.54) is 5.32 Å².